The Morgan fingerprint density at radius 2 is 0.519 bits per heavy atom. The van der Waals surface area contributed by atoms with Gasteiger partial charge < -0.3 is 68.1 Å². The van der Waals surface area contributed by atoms with E-state index >= 15 is 0 Å². The molecule has 3 aromatic carbocycles. The van der Waals surface area contributed by atoms with E-state index in [0.29, 0.717) is 0 Å². The molecule has 0 unspecified atom stereocenters. The molecular weight excluding hydrogens is 534 g/mol. The molecule has 150 valence electrons. The van der Waals surface area contributed by atoms with Crippen molar-refractivity contribution in [3.8, 4) is 0 Å². The fourth-order valence-electron chi connectivity index (χ4n) is 1.76. The standard InChI is InChI=1S/3C7H9N.3BrH/c3*1-6-2-4-7(8)5-3-6;;;/h3*2-5H,8H2,1H3;3*1H. The molecule has 0 fully saturated rings. The Balaban J connectivity index is -0.000000303. The first-order chi connectivity index (χ1) is 11.4. The van der Waals surface area contributed by atoms with Crippen molar-refractivity contribution in [1.29, 1.82) is 0 Å². The molecule has 0 aliphatic rings. The summed E-state index contributed by atoms with van der Waals surface area (Å²) in [7, 11) is 0. The van der Waals surface area contributed by atoms with Crippen molar-refractivity contribution in [2.75, 3.05) is 0 Å². The maximum absolute atomic E-state index is 3.76. The number of hydrogen-bond donors (Lipinski definition) is 3. The molecule has 0 aromatic heterocycles. The number of quaternary nitrogens is 3. The predicted octanol–water partition coefficient (Wildman–Crippen LogP) is -6.38. The molecule has 0 radical (unpaired) electrons. The van der Waals surface area contributed by atoms with E-state index in [0.717, 1.165) is 17.1 Å². The molecule has 0 aliphatic carbocycles. The first kappa shape index (κ1) is 30.7. The van der Waals surface area contributed by atoms with Gasteiger partial charge in [0, 0.05) is 0 Å². The van der Waals surface area contributed by atoms with Gasteiger partial charge in [0.15, 0.2) is 0 Å². The van der Waals surface area contributed by atoms with Gasteiger partial charge in [-0.05, 0) is 57.2 Å². The summed E-state index contributed by atoms with van der Waals surface area (Å²) in [5.74, 6) is 0. The minimum Gasteiger partial charge on any atom is -1.00 e. The number of aryl methyl sites for hydroxylation is 3. The summed E-state index contributed by atoms with van der Waals surface area (Å²) >= 11 is 0. The lowest BCUT2D eigenvalue weighted by molar-refractivity contribution is -0.255. The minimum atomic E-state index is 0. The summed E-state index contributed by atoms with van der Waals surface area (Å²) in [6.45, 7) is 6.21. The third kappa shape index (κ3) is 15.7. The van der Waals surface area contributed by atoms with Gasteiger partial charge in [0.1, 0.15) is 17.1 Å². The van der Waals surface area contributed by atoms with Gasteiger partial charge in [-0.1, -0.05) is 53.1 Å². The molecule has 3 nitrogen and oxygen atoms in total. The molecule has 0 aliphatic heterocycles. The van der Waals surface area contributed by atoms with Crippen LogP contribution in [0.15, 0.2) is 72.8 Å². The van der Waals surface area contributed by atoms with Crippen LogP contribution in [0.4, 0.5) is 17.1 Å². The Hall–Kier alpha value is -1.02. The molecule has 6 heteroatoms. The Morgan fingerprint density at radius 1 is 0.370 bits per heavy atom. The molecule has 3 rings (SSSR count). The molecule has 3 aromatic rings. The molecule has 0 saturated carbocycles. The second kappa shape index (κ2) is 17.1. The van der Waals surface area contributed by atoms with E-state index in [1.165, 1.54) is 16.7 Å². The molecule has 0 atom stereocenters. The van der Waals surface area contributed by atoms with Crippen molar-refractivity contribution < 1.29 is 68.1 Å². The van der Waals surface area contributed by atoms with Gasteiger partial charge in [0.05, 0.1) is 0 Å². The van der Waals surface area contributed by atoms with Crippen molar-refractivity contribution >= 4 is 17.1 Å². The minimum absolute atomic E-state index is 0. The van der Waals surface area contributed by atoms with E-state index in [2.05, 4.69) is 74.4 Å². The summed E-state index contributed by atoms with van der Waals surface area (Å²) in [6, 6.07) is 24.4. The Morgan fingerprint density at radius 3 is 0.630 bits per heavy atom. The van der Waals surface area contributed by atoms with Crippen LogP contribution in [0.1, 0.15) is 16.7 Å². The summed E-state index contributed by atoms with van der Waals surface area (Å²) in [5, 5.41) is 0. The Kier molecular flexibility index (Phi) is 19.4. The number of halogens is 3. The van der Waals surface area contributed by atoms with Crippen LogP contribution >= 0.6 is 0 Å². The highest BCUT2D eigenvalue weighted by Crippen LogP contribution is 2.01. The highest BCUT2D eigenvalue weighted by Gasteiger charge is 1.85. The smallest absolute Gasteiger partial charge is 0.127 e. The van der Waals surface area contributed by atoms with Gasteiger partial charge in [-0.2, -0.15) is 0 Å². The van der Waals surface area contributed by atoms with E-state index in [1.807, 2.05) is 36.4 Å². The van der Waals surface area contributed by atoms with Crippen LogP contribution in [0.3, 0.4) is 0 Å². The van der Waals surface area contributed by atoms with Crippen LogP contribution in [-0.2, 0) is 0 Å². The Labute approximate surface area is 194 Å². The lowest BCUT2D eigenvalue weighted by Crippen LogP contribution is -3.00. The first-order valence-corrected chi connectivity index (χ1v) is 8.02. The van der Waals surface area contributed by atoms with Gasteiger partial charge in [0.2, 0.25) is 0 Å². The van der Waals surface area contributed by atoms with E-state index in [4.69, 9.17) is 0 Å². The summed E-state index contributed by atoms with van der Waals surface area (Å²) in [5.41, 5.74) is 18.4. The highest BCUT2D eigenvalue weighted by molar-refractivity contribution is 5.31. The second-order valence-electron chi connectivity index (χ2n) is 5.96. The zero-order chi connectivity index (χ0) is 17.9. The monoisotopic (exact) mass is 561 g/mol. The quantitative estimate of drug-likeness (QED) is 0.243. The summed E-state index contributed by atoms with van der Waals surface area (Å²) < 4.78 is 0. The van der Waals surface area contributed by atoms with Gasteiger partial charge in [-0.15, -0.1) is 0 Å². The van der Waals surface area contributed by atoms with Crippen LogP contribution in [-0.4, -0.2) is 0 Å². The van der Waals surface area contributed by atoms with Gasteiger partial charge >= 0.3 is 0 Å². The van der Waals surface area contributed by atoms with Gasteiger partial charge in [-0.3, -0.25) is 0 Å². The third-order valence-corrected chi connectivity index (χ3v) is 3.36. The average Bonchev–Trinajstić information content (AvgIpc) is 2.57. The van der Waals surface area contributed by atoms with Crippen LogP contribution in [0.2, 0.25) is 0 Å². The summed E-state index contributed by atoms with van der Waals surface area (Å²) in [4.78, 5) is 0. The zero-order valence-electron chi connectivity index (χ0n) is 16.2. The molecule has 27 heavy (non-hydrogen) atoms. The normalized spacial score (nSPS) is 8.22. The second-order valence-corrected chi connectivity index (χ2v) is 5.96. The SMILES string of the molecule is Cc1ccc([NH3+])cc1.Cc1ccc([NH3+])cc1.Cc1ccc([NH3+])cc1.[Br-].[Br-].[Br-]. The van der Waals surface area contributed by atoms with E-state index in [-0.39, 0.29) is 50.9 Å². The fraction of sp³-hybridized carbons (Fsp3) is 0.143. The van der Waals surface area contributed by atoms with Crippen molar-refractivity contribution in [2.45, 2.75) is 20.8 Å². The number of rotatable bonds is 0. The van der Waals surface area contributed by atoms with Gasteiger partial charge in [0.25, 0.3) is 0 Å². The van der Waals surface area contributed by atoms with Crippen molar-refractivity contribution in [1.82, 2.24) is 0 Å². The van der Waals surface area contributed by atoms with E-state index in [1.54, 1.807) is 0 Å². The maximum Gasteiger partial charge on any atom is 0.127 e. The molecule has 0 amide bonds. The van der Waals surface area contributed by atoms with Crippen molar-refractivity contribution in [3.63, 3.8) is 0 Å². The number of hydrogen-bond acceptors (Lipinski definition) is 0. The van der Waals surface area contributed by atoms with Crippen molar-refractivity contribution in [3.05, 3.63) is 89.5 Å². The van der Waals surface area contributed by atoms with Crippen molar-refractivity contribution in [2.24, 2.45) is 0 Å². The molecule has 0 saturated heterocycles. The highest BCUT2D eigenvalue weighted by atomic mass is 79.9. The maximum atomic E-state index is 3.76. The molecule has 0 bridgehead atoms. The molecule has 9 N–H and O–H groups in total. The largest absolute Gasteiger partial charge is 1.00 e. The topological polar surface area (TPSA) is 82.9 Å². The predicted molar refractivity (Wildman–Crippen MR) is 101 cm³/mol. The lowest BCUT2D eigenvalue weighted by Gasteiger charge is -1.87. The molecule has 0 spiro atoms. The Bertz CT molecular complexity index is 547. The van der Waals surface area contributed by atoms with E-state index < -0.39 is 0 Å². The first-order valence-electron chi connectivity index (χ1n) is 8.02. The van der Waals surface area contributed by atoms with Gasteiger partial charge in [-0.25, -0.2) is 0 Å². The lowest BCUT2D eigenvalue weighted by atomic mass is 10.2. The number of benzene rings is 3. The van der Waals surface area contributed by atoms with Crippen LogP contribution < -0.4 is 68.1 Å². The van der Waals surface area contributed by atoms with Crippen LogP contribution in [0, 0.1) is 20.8 Å². The van der Waals surface area contributed by atoms with Crippen LogP contribution in [0.25, 0.3) is 0 Å². The fourth-order valence-corrected chi connectivity index (χ4v) is 1.76. The zero-order valence-corrected chi connectivity index (χ0v) is 20.9. The third-order valence-electron chi connectivity index (χ3n) is 3.36. The molecular formula is C21H30Br3N3. The van der Waals surface area contributed by atoms with E-state index in [9.17, 15) is 0 Å². The average molecular weight is 564 g/mol. The van der Waals surface area contributed by atoms with Crippen LogP contribution in [0.5, 0.6) is 0 Å². The molecule has 0 heterocycles. The summed E-state index contributed by atoms with van der Waals surface area (Å²) in [6.07, 6.45) is 0.